The Kier molecular flexibility index (Phi) is 5.66. The van der Waals surface area contributed by atoms with E-state index in [-0.39, 0.29) is 6.04 Å². The summed E-state index contributed by atoms with van der Waals surface area (Å²) < 4.78 is 30.1. The summed E-state index contributed by atoms with van der Waals surface area (Å²) >= 11 is -1.58. The van der Waals surface area contributed by atoms with Gasteiger partial charge in [-0.2, -0.15) is 0 Å². The number of nitrogens with zero attached hydrogens (tertiary/aromatic N) is 1. The van der Waals surface area contributed by atoms with Crippen LogP contribution in [0.1, 0.15) is 33.9 Å². The second-order valence-electron chi connectivity index (χ2n) is 8.36. The minimum absolute atomic E-state index is 0.249. The number of fused-ring (bicyclic) bond motifs is 4. The molecule has 0 fully saturated rings. The zero-order valence-corrected chi connectivity index (χ0v) is 19.4. The van der Waals surface area contributed by atoms with Gasteiger partial charge in [-0.1, -0.05) is 23.8 Å². The molecule has 3 aromatic rings. The summed E-state index contributed by atoms with van der Waals surface area (Å²) in [6.07, 6.45) is 1.78. The SMILES string of the molecule is COc1ccc2c(c1)CCN1Cc3c(OC)ccc(OS(=O)c4ccc(C)cc4)c3CC21. The highest BCUT2D eigenvalue weighted by molar-refractivity contribution is 7.80. The van der Waals surface area contributed by atoms with Crippen LogP contribution in [0.2, 0.25) is 0 Å². The lowest BCUT2D eigenvalue weighted by Crippen LogP contribution is -2.39. The Hall–Kier alpha value is -2.83. The van der Waals surface area contributed by atoms with E-state index in [0.717, 1.165) is 54.1 Å². The summed E-state index contributed by atoms with van der Waals surface area (Å²) in [6, 6.07) is 18.0. The predicted molar refractivity (Wildman–Crippen MR) is 125 cm³/mol. The van der Waals surface area contributed by atoms with E-state index in [1.807, 2.05) is 49.4 Å². The van der Waals surface area contributed by atoms with Crippen LogP contribution in [0.5, 0.6) is 17.2 Å². The molecular formula is C26H27NO4S. The molecule has 5 nitrogen and oxygen atoms in total. The van der Waals surface area contributed by atoms with E-state index in [1.54, 1.807) is 14.2 Å². The van der Waals surface area contributed by atoms with Crippen molar-refractivity contribution >= 4 is 11.1 Å². The molecular weight excluding hydrogens is 422 g/mol. The summed E-state index contributed by atoms with van der Waals surface area (Å²) in [7, 11) is 3.41. The van der Waals surface area contributed by atoms with Crippen molar-refractivity contribution in [1.29, 1.82) is 0 Å². The van der Waals surface area contributed by atoms with Crippen molar-refractivity contribution in [3.05, 3.63) is 82.4 Å². The van der Waals surface area contributed by atoms with Gasteiger partial charge in [0.25, 0.3) is 0 Å². The van der Waals surface area contributed by atoms with Crippen LogP contribution in [-0.2, 0) is 30.5 Å². The Morgan fingerprint density at radius 1 is 0.938 bits per heavy atom. The molecule has 32 heavy (non-hydrogen) atoms. The summed E-state index contributed by atoms with van der Waals surface area (Å²) in [4.78, 5) is 3.16. The molecule has 2 aliphatic rings. The van der Waals surface area contributed by atoms with Gasteiger partial charge in [0.05, 0.1) is 19.1 Å². The maximum Gasteiger partial charge on any atom is 0.240 e. The fourth-order valence-electron chi connectivity index (χ4n) is 4.79. The average Bonchev–Trinajstić information content (AvgIpc) is 2.83. The molecule has 0 bridgehead atoms. The maximum atomic E-state index is 13.0. The second-order valence-corrected chi connectivity index (χ2v) is 9.47. The van der Waals surface area contributed by atoms with Crippen molar-refractivity contribution in [3.8, 4) is 17.2 Å². The Labute approximate surface area is 191 Å². The molecule has 0 N–H and O–H groups in total. The third kappa shape index (κ3) is 3.78. The number of benzene rings is 3. The third-order valence-electron chi connectivity index (χ3n) is 6.52. The molecule has 0 spiro atoms. The monoisotopic (exact) mass is 449 g/mol. The van der Waals surface area contributed by atoms with Gasteiger partial charge in [0.2, 0.25) is 11.1 Å². The average molecular weight is 450 g/mol. The fraction of sp³-hybridized carbons (Fsp3) is 0.308. The lowest BCUT2D eigenvalue weighted by molar-refractivity contribution is 0.157. The molecule has 0 radical (unpaired) electrons. The van der Waals surface area contributed by atoms with Crippen molar-refractivity contribution in [3.63, 3.8) is 0 Å². The van der Waals surface area contributed by atoms with E-state index in [9.17, 15) is 4.21 Å². The minimum atomic E-state index is -1.58. The molecule has 6 heteroatoms. The normalized spacial score (nSPS) is 18.2. The van der Waals surface area contributed by atoms with Crippen LogP contribution < -0.4 is 13.7 Å². The number of hydrogen-bond acceptors (Lipinski definition) is 5. The molecule has 0 saturated carbocycles. The highest BCUT2D eigenvalue weighted by atomic mass is 32.2. The highest BCUT2D eigenvalue weighted by Crippen LogP contribution is 2.44. The van der Waals surface area contributed by atoms with Gasteiger partial charge in [-0.25, -0.2) is 4.21 Å². The van der Waals surface area contributed by atoms with Crippen LogP contribution in [0.25, 0.3) is 0 Å². The molecule has 2 atom stereocenters. The van der Waals surface area contributed by atoms with Crippen LogP contribution in [-0.4, -0.2) is 29.9 Å². The van der Waals surface area contributed by atoms with Gasteiger partial charge in [-0.3, -0.25) is 4.90 Å². The summed E-state index contributed by atoms with van der Waals surface area (Å²) in [5, 5.41) is 0. The van der Waals surface area contributed by atoms with Crippen LogP contribution >= 0.6 is 0 Å². The van der Waals surface area contributed by atoms with E-state index in [4.69, 9.17) is 13.7 Å². The molecule has 2 heterocycles. The van der Waals surface area contributed by atoms with Gasteiger partial charge < -0.3 is 13.7 Å². The molecule has 2 aliphatic heterocycles. The first-order chi connectivity index (χ1) is 15.6. The Morgan fingerprint density at radius 3 is 2.47 bits per heavy atom. The smallest absolute Gasteiger partial charge is 0.240 e. The van der Waals surface area contributed by atoms with Gasteiger partial charge >= 0.3 is 0 Å². The lowest BCUT2D eigenvalue weighted by Gasteiger charge is -2.42. The molecule has 0 saturated heterocycles. The second kappa shape index (κ2) is 8.60. The first kappa shape index (κ1) is 21.0. The number of methoxy groups -OCH3 is 2. The van der Waals surface area contributed by atoms with E-state index in [0.29, 0.717) is 10.6 Å². The number of rotatable bonds is 5. The Balaban J connectivity index is 1.50. The van der Waals surface area contributed by atoms with Crippen molar-refractivity contribution in [2.75, 3.05) is 20.8 Å². The summed E-state index contributed by atoms with van der Waals surface area (Å²) in [5.41, 5.74) is 5.99. The molecule has 0 aliphatic carbocycles. The predicted octanol–water partition coefficient (Wildman–Crippen LogP) is 4.77. The number of hydrogen-bond donors (Lipinski definition) is 0. The minimum Gasteiger partial charge on any atom is -0.497 e. The molecule has 0 aromatic heterocycles. The van der Waals surface area contributed by atoms with Crippen LogP contribution in [0.15, 0.2) is 59.5 Å². The first-order valence-corrected chi connectivity index (χ1v) is 11.9. The quantitative estimate of drug-likeness (QED) is 0.562. The van der Waals surface area contributed by atoms with Gasteiger partial charge in [0.1, 0.15) is 17.2 Å². The topological polar surface area (TPSA) is 48.0 Å². The zero-order chi connectivity index (χ0) is 22.2. The molecule has 0 amide bonds. The van der Waals surface area contributed by atoms with Crippen molar-refractivity contribution < 1.29 is 17.9 Å². The number of ether oxygens (including phenoxy) is 2. The standard InChI is InChI=1S/C26H27NO4S/c1-17-4-7-20(8-5-17)32(28)31-26-11-10-25(30-3)23-16-27-13-12-18-14-19(29-2)6-9-21(18)24(27)15-22(23)26/h4-11,14,24H,12-13,15-16H2,1-3H3. The zero-order valence-electron chi connectivity index (χ0n) is 18.6. The Morgan fingerprint density at radius 2 is 1.72 bits per heavy atom. The Bertz CT molecular complexity index is 1180. The third-order valence-corrected chi connectivity index (χ3v) is 7.51. The van der Waals surface area contributed by atoms with Gasteiger partial charge in [-0.05, 0) is 67.3 Å². The summed E-state index contributed by atoms with van der Waals surface area (Å²) in [6.45, 7) is 3.77. The van der Waals surface area contributed by atoms with E-state index in [2.05, 4.69) is 17.0 Å². The van der Waals surface area contributed by atoms with Crippen molar-refractivity contribution in [2.45, 2.75) is 37.2 Å². The van der Waals surface area contributed by atoms with Crippen molar-refractivity contribution in [1.82, 2.24) is 4.90 Å². The number of aryl methyl sites for hydroxylation is 1. The lowest BCUT2D eigenvalue weighted by atomic mass is 9.83. The fourth-order valence-corrected chi connectivity index (χ4v) is 5.56. The van der Waals surface area contributed by atoms with E-state index < -0.39 is 11.1 Å². The maximum absolute atomic E-state index is 13.0. The highest BCUT2D eigenvalue weighted by Gasteiger charge is 2.35. The van der Waals surface area contributed by atoms with Crippen LogP contribution in [0.3, 0.4) is 0 Å². The molecule has 5 rings (SSSR count). The van der Waals surface area contributed by atoms with E-state index >= 15 is 0 Å². The van der Waals surface area contributed by atoms with E-state index in [1.165, 1.54) is 11.1 Å². The van der Waals surface area contributed by atoms with Gasteiger partial charge in [-0.15, -0.1) is 0 Å². The van der Waals surface area contributed by atoms with Gasteiger partial charge in [0, 0.05) is 30.3 Å². The molecule has 166 valence electrons. The molecule has 2 unspecified atom stereocenters. The summed E-state index contributed by atoms with van der Waals surface area (Å²) in [5.74, 6) is 2.42. The van der Waals surface area contributed by atoms with Crippen LogP contribution in [0.4, 0.5) is 0 Å². The molecule has 3 aromatic carbocycles. The van der Waals surface area contributed by atoms with Crippen molar-refractivity contribution in [2.24, 2.45) is 0 Å². The van der Waals surface area contributed by atoms with Gasteiger partial charge in [0.15, 0.2) is 0 Å². The van der Waals surface area contributed by atoms with Crippen LogP contribution in [0, 0.1) is 6.92 Å². The first-order valence-electron chi connectivity index (χ1n) is 10.8. The largest absolute Gasteiger partial charge is 0.497 e.